The van der Waals surface area contributed by atoms with Crippen molar-refractivity contribution in [1.82, 2.24) is 10.1 Å². The highest BCUT2D eigenvalue weighted by atomic mass is 19.4. The first-order valence-electron chi connectivity index (χ1n) is 7.57. The number of halogens is 5. The van der Waals surface area contributed by atoms with Crippen LogP contribution in [0.4, 0.5) is 22.0 Å². The van der Waals surface area contributed by atoms with Crippen LogP contribution in [0.25, 0.3) is 11.4 Å². The predicted molar refractivity (Wildman–Crippen MR) is 83.9 cm³/mol. The predicted octanol–water partition coefficient (Wildman–Crippen LogP) is 3.71. The summed E-state index contributed by atoms with van der Waals surface area (Å²) in [5.41, 5.74) is 3.38. The molecule has 2 N–H and O–H groups in total. The van der Waals surface area contributed by atoms with Gasteiger partial charge in [-0.1, -0.05) is 17.3 Å². The zero-order valence-electron chi connectivity index (χ0n) is 13.8. The van der Waals surface area contributed by atoms with Gasteiger partial charge >= 0.3 is 6.18 Å². The van der Waals surface area contributed by atoms with Crippen molar-refractivity contribution in [2.75, 3.05) is 0 Å². The zero-order valence-corrected chi connectivity index (χ0v) is 13.8. The van der Waals surface area contributed by atoms with E-state index in [2.05, 4.69) is 10.1 Å². The Morgan fingerprint density at radius 2 is 1.79 bits per heavy atom. The number of hydrogen-bond acceptors (Lipinski definition) is 5. The van der Waals surface area contributed by atoms with Gasteiger partial charge in [-0.15, -0.1) is 0 Å². The van der Waals surface area contributed by atoms with E-state index in [1.165, 1.54) is 0 Å². The lowest BCUT2D eigenvalue weighted by Crippen LogP contribution is -2.16. The Labute approximate surface area is 153 Å². The van der Waals surface area contributed by atoms with E-state index in [1.807, 2.05) is 0 Å². The second-order valence-electron chi connectivity index (χ2n) is 5.47. The molecule has 0 aliphatic carbocycles. The number of primary amides is 1. The normalized spacial score (nSPS) is 11.5. The van der Waals surface area contributed by atoms with E-state index in [9.17, 15) is 26.7 Å². The number of aromatic nitrogens is 2. The van der Waals surface area contributed by atoms with Crippen LogP contribution in [0.3, 0.4) is 0 Å². The summed E-state index contributed by atoms with van der Waals surface area (Å²) >= 11 is 0. The first kappa shape index (κ1) is 19.3. The summed E-state index contributed by atoms with van der Waals surface area (Å²) in [4.78, 5) is 15.0. The molecule has 0 aliphatic heterocycles. The largest absolute Gasteiger partial charge is 0.481 e. The van der Waals surface area contributed by atoms with Gasteiger partial charge in [0.25, 0.3) is 11.8 Å². The molecule has 28 heavy (non-hydrogen) atoms. The van der Waals surface area contributed by atoms with Crippen LogP contribution in [0.2, 0.25) is 0 Å². The Kier molecular flexibility index (Phi) is 4.99. The highest BCUT2D eigenvalue weighted by Crippen LogP contribution is 2.30. The Hall–Kier alpha value is -3.50. The van der Waals surface area contributed by atoms with Crippen LogP contribution in [-0.4, -0.2) is 16.0 Å². The number of nitrogens with two attached hydrogens (primary N) is 1. The Balaban J connectivity index is 1.74. The molecular weight excluding hydrogens is 389 g/mol. The fraction of sp³-hybridized carbons (Fsp3) is 0.118. The van der Waals surface area contributed by atoms with Gasteiger partial charge in [0.05, 0.1) is 5.56 Å². The third kappa shape index (κ3) is 3.92. The molecule has 2 aromatic carbocycles. The van der Waals surface area contributed by atoms with E-state index < -0.39 is 47.2 Å². The van der Waals surface area contributed by atoms with Crippen LogP contribution in [0.5, 0.6) is 5.75 Å². The van der Waals surface area contributed by atoms with Gasteiger partial charge in [-0.3, -0.25) is 4.79 Å². The number of hydrogen-bond donors (Lipinski definition) is 1. The summed E-state index contributed by atoms with van der Waals surface area (Å²) < 4.78 is 75.2. The minimum atomic E-state index is -4.47. The summed E-state index contributed by atoms with van der Waals surface area (Å²) in [6, 6.07) is 5.81. The lowest BCUT2D eigenvalue weighted by Gasteiger charge is -2.07. The van der Waals surface area contributed by atoms with Crippen molar-refractivity contribution in [3.8, 4) is 17.1 Å². The van der Waals surface area contributed by atoms with Gasteiger partial charge in [-0.2, -0.15) is 18.2 Å². The molecule has 0 fully saturated rings. The Morgan fingerprint density at radius 1 is 1.11 bits per heavy atom. The SMILES string of the molecule is NC(=O)c1c(F)ccc(OCc2nc(-c3ccc(C(F)(F)F)cc3)no2)c1F. The molecule has 0 aliphatic rings. The summed E-state index contributed by atoms with van der Waals surface area (Å²) in [6.07, 6.45) is -4.47. The Bertz CT molecular complexity index is 1020. The summed E-state index contributed by atoms with van der Waals surface area (Å²) in [7, 11) is 0. The van der Waals surface area contributed by atoms with Gasteiger partial charge in [-0.05, 0) is 24.3 Å². The van der Waals surface area contributed by atoms with Gasteiger partial charge in [-0.25, -0.2) is 8.78 Å². The molecule has 11 heteroatoms. The zero-order chi connectivity index (χ0) is 20.5. The second kappa shape index (κ2) is 7.25. The minimum Gasteiger partial charge on any atom is -0.481 e. The van der Waals surface area contributed by atoms with Crippen LogP contribution >= 0.6 is 0 Å². The van der Waals surface area contributed by atoms with Gasteiger partial charge < -0.3 is 15.0 Å². The van der Waals surface area contributed by atoms with Gasteiger partial charge in [0, 0.05) is 5.56 Å². The van der Waals surface area contributed by atoms with Crippen molar-refractivity contribution in [1.29, 1.82) is 0 Å². The number of nitrogens with zero attached hydrogens (tertiary/aromatic N) is 2. The molecule has 1 aromatic heterocycles. The molecule has 0 unspecified atom stereocenters. The molecule has 0 saturated heterocycles. The molecule has 146 valence electrons. The maximum atomic E-state index is 14.1. The summed E-state index contributed by atoms with van der Waals surface area (Å²) in [6.45, 7) is -0.436. The van der Waals surface area contributed by atoms with Gasteiger partial charge in [0.1, 0.15) is 11.4 Å². The Morgan fingerprint density at radius 3 is 2.39 bits per heavy atom. The van der Waals surface area contributed by atoms with Crippen LogP contribution in [0.1, 0.15) is 21.8 Å². The van der Waals surface area contributed by atoms with Crippen molar-refractivity contribution >= 4 is 5.91 Å². The maximum Gasteiger partial charge on any atom is 0.416 e. The first-order valence-corrected chi connectivity index (χ1v) is 7.57. The fourth-order valence-corrected chi connectivity index (χ4v) is 2.25. The monoisotopic (exact) mass is 399 g/mol. The van der Waals surface area contributed by atoms with Crippen molar-refractivity contribution in [2.45, 2.75) is 12.8 Å². The number of carbonyl (C=O) groups excluding carboxylic acids is 1. The molecule has 0 atom stereocenters. The van der Waals surface area contributed by atoms with Crippen LogP contribution < -0.4 is 10.5 Å². The maximum absolute atomic E-state index is 14.1. The number of ether oxygens (including phenoxy) is 1. The number of alkyl halides is 3. The van der Waals surface area contributed by atoms with E-state index in [4.69, 9.17) is 15.0 Å². The second-order valence-corrected chi connectivity index (χ2v) is 5.47. The molecule has 0 spiro atoms. The quantitative estimate of drug-likeness (QED) is 0.661. The van der Waals surface area contributed by atoms with Crippen molar-refractivity contribution in [2.24, 2.45) is 5.73 Å². The molecular formula is C17H10F5N3O3. The molecule has 3 rings (SSSR count). The topological polar surface area (TPSA) is 91.2 Å². The minimum absolute atomic E-state index is 0.00951. The molecule has 0 bridgehead atoms. The van der Waals surface area contributed by atoms with E-state index >= 15 is 0 Å². The molecule has 0 saturated carbocycles. The van der Waals surface area contributed by atoms with E-state index in [0.717, 1.165) is 36.4 Å². The average Bonchev–Trinajstić information content (AvgIpc) is 3.09. The summed E-state index contributed by atoms with van der Waals surface area (Å²) in [5.74, 6) is -4.33. The highest BCUT2D eigenvalue weighted by Gasteiger charge is 2.30. The van der Waals surface area contributed by atoms with Crippen LogP contribution in [-0.2, 0) is 12.8 Å². The molecule has 1 heterocycles. The number of carbonyl (C=O) groups is 1. The van der Waals surface area contributed by atoms with E-state index in [-0.39, 0.29) is 17.3 Å². The standard InChI is InChI=1S/C17H10F5N3O3/c18-10-5-6-11(14(19)13(10)15(23)26)27-7-12-24-16(25-28-12)8-1-3-9(4-2-8)17(20,21)22/h1-6H,7H2,(H2,23,26). The van der Waals surface area contributed by atoms with Gasteiger partial charge in [0.2, 0.25) is 5.82 Å². The summed E-state index contributed by atoms with van der Waals surface area (Å²) in [5, 5.41) is 3.60. The smallest absolute Gasteiger partial charge is 0.416 e. The highest BCUT2D eigenvalue weighted by molar-refractivity contribution is 5.93. The molecule has 1 amide bonds. The first-order chi connectivity index (χ1) is 13.2. The fourth-order valence-electron chi connectivity index (χ4n) is 2.25. The average molecular weight is 399 g/mol. The number of amides is 1. The molecule has 0 radical (unpaired) electrons. The third-order valence-electron chi connectivity index (χ3n) is 3.59. The van der Waals surface area contributed by atoms with Crippen molar-refractivity contribution < 1.29 is 36.0 Å². The lowest BCUT2D eigenvalue weighted by atomic mass is 10.1. The van der Waals surface area contributed by atoms with Gasteiger partial charge in [0.15, 0.2) is 18.2 Å². The van der Waals surface area contributed by atoms with Crippen molar-refractivity contribution in [3.63, 3.8) is 0 Å². The lowest BCUT2D eigenvalue weighted by molar-refractivity contribution is -0.137. The molecule has 6 nitrogen and oxygen atoms in total. The van der Waals surface area contributed by atoms with E-state index in [1.54, 1.807) is 0 Å². The van der Waals surface area contributed by atoms with Crippen molar-refractivity contribution in [3.05, 3.63) is 65.1 Å². The van der Waals surface area contributed by atoms with E-state index in [0.29, 0.717) is 0 Å². The third-order valence-corrected chi connectivity index (χ3v) is 3.59. The van der Waals surface area contributed by atoms with Crippen LogP contribution in [0, 0.1) is 11.6 Å². The molecule has 3 aromatic rings. The number of rotatable bonds is 5. The van der Waals surface area contributed by atoms with Crippen LogP contribution in [0.15, 0.2) is 40.9 Å². The number of benzene rings is 2.